The molecule has 1 unspecified atom stereocenters. The van der Waals surface area contributed by atoms with E-state index in [-0.39, 0.29) is 12.3 Å². The van der Waals surface area contributed by atoms with Gasteiger partial charge in [-0.3, -0.25) is 4.31 Å². The SMILES string of the molecule is COC(=O)c1ccc(S(=O)N(Cc2ccc(OC(F)(F)F)cc2)c2nc3ccccc3cc2C)cc1. The molecule has 36 heavy (non-hydrogen) atoms. The van der Waals surface area contributed by atoms with Gasteiger partial charge >= 0.3 is 12.3 Å². The number of para-hydroxylation sites is 1. The summed E-state index contributed by atoms with van der Waals surface area (Å²) in [5.41, 5.74) is 2.38. The number of hydrogen-bond acceptors (Lipinski definition) is 5. The molecule has 4 rings (SSSR count). The van der Waals surface area contributed by atoms with Crippen LogP contribution in [-0.2, 0) is 22.3 Å². The standard InChI is InChI=1S/C26H21F3N2O4S/c1-17-15-20-5-3-4-6-23(20)30-24(17)31(16-18-7-11-21(12-8-18)35-26(27,28)29)36(33)22-13-9-19(10-14-22)25(32)34-2/h3-15H,16H2,1-2H3. The lowest BCUT2D eigenvalue weighted by molar-refractivity contribution is -0.274. The van der Waals surface area contributed by atoms with E-state index in [0.717, 1.165) is 10.9 Å². The average molecular weight is 515 g/mol. The molecule has 3 aromatic carbocycles. The Bertz CT molecular complexity index is 1410. The Balaban J connectivity index is 1.72. The van der Waals surface area contributed by atoms with Gasteiger partial charge in [0.2, 0.25) is 0 Å². The van der Waals surface area contributed by atoms with Crippen molar-refractivity contribution in [3.05, 3.63) is 95.6 Å². The Hall–Kier alpha value is -3.92. The molecule has 0 radical (unpaired) electrons. The zero-order chi connectivity index (χ0) is 25.9. The summed E-state index contributed by atoms with van der Waals surface area (Å²) in [6.07, 6.45) is -4.79. The van der Waals surface area contributed by atoms with Crippen LogP contribution in [-0.4, -0.2) is 28.6 Å². The summed E-state index contributed by atoms with van der Waals surface area (Å²) < 4.78 is 61.6. The maximum atomic E-state index is 13.8. The second-order valence-corrected chi connectivity index (χ2v) is 9.23. The Morgan fingerprint density at radius 1 is 1.00 bits per heavy atom. The van der Waals surface area contributed by atoms with E-state index >= 15 is 0 Å². The number of halogens is 3. The Kier molecular flexibility index (Phi) is 7.25. The van der Waals surface area contributed by atoms with Gasteiger partial charge in [-0.15, -0.1) is 13.2 Å². The van der Waals surface area contributed by atoms with Gasteiger partial charge < -0.3 is 9.47 Å². The second-order valence-electron chi connectivity index (χ2n) is 7.82. The first-order valence-electron chi connectivity index (χ1n) is 10.7. The van der Waals surface area contributed by atoms with Crippen molar-refractivity contribution in [2.24, 2.45) is 0 Å². The van der Waals surface area contributed by atoms with Crippen molar-refractivity contribution in [1.29, 1.82) is 0 Å². The lowest BCUT2D eigenvalue weighted by Gasteiger charge is -2.25. The summed E-state index contributed by atoms with van der Waals surface area (Å²) in [6, 6.07) is 20.9. The van der Waals surface area contributed by atoms with Gasteiger partial charge in [-0.05, 0) is 66.6 Å². The molecule has 6 nitrogen and oxygen atoms in total. The molecular formula is C26H21F3N2O4S. The van der Waals surface area contributed by atoms with E-state index in [2.05, 4.69) is 4.74 Å². The minimum absolute atomic E-state index is 0.0871. The molecule has 0 aliphatic rings. The van der Waals surface area contributed by atoms with Crippen molar-refractivity contribution in [3.63, 3.8) is 0 Å². The highest BCUT2D eigenvalue weighted by molar-refractivity contribution is 7.86. The van der Waals surface area contributed by atoms with E-state index in [9.17, 15) is 22.2 Å². The number of alkyl halides is 3. The number of benzene rings is 3. The van der Waals surface area contributed by atoms with Crippen molar-refractivity contribution in [3.8, 4) is 5.75 Å². The van der Waals surface area contributed by atoms with Gasteiger partial charge in [-0.2, -0.15) is 0 Å². The molecule has 0 bridgehead atoms. The molecule has 1 aromatic heterocycles. The molecule has 186 valence electrons. The third-order valence-corrected chi connectivity index (χ3v) is 6.66. The van der Waals surface area contributed by atoms with Crippen LogP contribution < -0.4 is 9.04 Å². The number of fused-ring (bicyclic) bond motifs is 1. The molecular weight excluding hydrogens is 493 g/mol. The largest absolute Gasteiger partial charge is 0.573 e. The zero-order valence-electron chi connectivity index (χ0n) is 19.3. The molecule has 0 fully saturated rings. The number of carbonyl (C=O) groups is 1. The van der Waals surface area contributed by atoms with Crippen LogP contribution in [0.1, 0.15) is 21.5 Å². The van der Waals surface area contributed by atoms with Crippen LogP contribution in [0.4, 0.5) is 19.0 Å². The third kappa shape index (κ3) is 5.83. The Morgan fingerprint density at radius 3 is 2.31 bits per heavy atom. The zero-order valence-corrected chi connectivity index (χ0v) is 20.1. The number of ether oxygens (including phenoxy) is 2. The van der Waals surface area contributed by atoms with Gasteiger partial charge in [0.25, 0.3) is 0 Å². The van der Waals surface area contributed by atoms with Crippen molar-refractivity contribution in [1.82, 2.24) is 4.98 Å². The van der Waals surface area contributed by atoms with Gasteiger partial charge in [0, 0.05) is 5.39 Å². The summed E-state index contributed by atoms with van der Waals surface area (Å²) in [7, 11) is -0.490. The van der Waals surface area contributed by atoms with Gasteiger partial charge in [-0.1, -0.05) is 30.3 Å². The Morgan fingerprint density at radius 2 is 1.67 bits per heavy atom. The maximum absolute atomic E-state index is 13.8. The predicted octanol–water partition coefficient (Wildman–Crippen LogP) is 5.96. The number of carbonyl (C=O) groups excluding carboxylic acids is 1. The Labute approximate surface area is 207 Å². The van der Waals surface area contributed by atoms with Gasteiger partial charge in [0.05, 0.1) is 29.6 Å². The van der Waals surface area contributed by atoms with Crippen molar-refractivity contribution in [2.75, 3.05) is 11.4 Å². The normalized spacial score (nSPS) is 12.2. The smallest absolute Gasteiger partial charge is 0.465 e. The first-order chi connectivity index (χ1) is 17.1. The number of nitrogens with zero attached hydrogens (tertiary/aromatic N) is 2. The van der Waals surface area contributed by atoms with Crippen LogP contribution in [0, 0.1) is 6.92 Å². The van der Waals surface area contributed by atoms with E-state index < -0.39 is 23.3 Å². The number of aromatic nitrogens is 1. The summed E-state index contributed by atoms with van der Waals surface area (Å²) in [4.78, 5) is 16.9. The molecule has 0 amide bonds. The molecule has 10 heteroatoms. The lowest BCUT2D eigenvalue weighted by atomic mass is 10.1. The summed E-state index contributed by atoms with van der Waals surface area (Å²) in [6.45, 7) is 1.93. The highest BCUT2D eigenvalue weighted by Crippen LogP contribution is 2.29. The van der Waals surface area contributed by atoms with E-state index in [1.165, 1.54) is 43.5 Å². The highest BCUT2D eigenvalue weighted by atomic mass is 32.2. The fourth-order valence-electron chi connectivity index (χ4n) is 3.59. The minimum Gasteiger partial charge on any atom is -0.465 e. The quantitative estimate of drug-likeness (QED) is 0.285. The molecule has 0 saturated carbocycles. The van der Waals surface area contributed by atoms with Crippen molar-refractivity contribution < 1.29 is 31.6 Å². The van der Waals surface area contributed by atoms with E-state index in [0.29, 0.717) is 27.4 Å². The molecule has 0 N–H and O–H groups in total. The first-order valence-corrected chi connectivity index (χ1v) is 11.8. The summed E-state index contributed by atoms with van der Waals surface area (Å²) in [5.74, 6) is -0.408. The lowest BCUT2D eigenvalue weighted by Crippen LogP contribution is -2.27. The molecule has 0 spiro atoms. The monoisotopic (exact) mass is 514 g/mol. The fraction of sp³-hybridized carbons (Fsp3) is 0.154. The molecule has 1 heterocycles. The summed E-state index contributed by atoms with van der Waals surface area (Å²) >= 11 is 0. The second kappa shape index (κ2) is 10.4. The molecule has 1 atom stereocenters. The van der Waals surface area contributed by atoms with Gasteiger partial charge in [0.15, 0.2) is 11.0 Å². The molecule has 4 aromatic rings. The number of esters is 1. The van der Waals surface area contributed by atoms with Crippen LogP contribution >= 0.6 is 0 Å². The van der Waals surface area contributed by atoms with E-state index in [1.807, 2.05) is 37.3 Å². The van der Waals surface area contributed by atoms with Crippen LogP contribution in [0.25, 0.3) is 10.9 Å². The number of pyridine rings is 1. The molecule has 0 aliphatic carbocycles. The maximum Gasteiger partial charge on any atom is 0.573 e. The average Bonchev–Trinajstić information content (AvgIpc) is 2.86. The van der Waals surface area contributed by atoms with Crippen molar-refractivity contribution in [2.45, 2.75) is 24.7 Å². The topological polar surface area (TPSA) is 68.7 Å². The number of rotatable bonds is 7. The van der Waals surface area contributed by atoms with Crippen LogP contribution in [0.5, 0.6) is 5.75 Å². The number of hydrogen-bond donors (Lipinski definition) is 0. The number of methoxy groups -OCH3 is 1. The highest BCUT2D eigenvalue weighted by Gasteiger charge is 2.31. The van der Waals surface area contributed by atoms with Gasteiger partial charge in [-0.25, -0.2) is 14.0 Å². The van der Waals surface area contributed by atoms with Crippen LogP contribution in [0.15, 0.2) is 83.8 Å². The number of anilines is 1. The summed E-state index contributed by atoms with van der Waals surface area (Å²) in [5, 5.41) is 0.917. The first kappa shape index (κ1) is 25.2. The number of aryl methyl sites for hydroxylation is 1. The molecule has 0 saturated heterocycles. The van der Waals surface area contributed by atoms with Crippen LogP contribution in [0.3, 0.4) is 0 Å². The van der Waals surface area contributed by atoms with Crippen LogP contribution in [0.2, 0.25) is 0 Å². The van der Waals surface area contributed by atoms with Crippen molar-refractivity contribution >= 4 is 33.7 Å². The van der Waals surface area contributed by atoms with E-state index in [4.69, 9.17) is 9.72 Å². The van der Waals surface area contributed by atoms with E-state index in [1.54, 1.807) is 16.4 Å². The minimum atomic E-state index is -4.79. The predicted molar refractivity (Wildman–Crippen MR) is 130 cm³/mol. The third-order valence-electron chi connectivity index (χ3n) is 5.28. The van der Waals surface area contributed by atoms with Gasteiger partial charge in [0.1, 0.15) is 11.6 Å². The molecule has 0 aliphatic heterocycles. The fourth-order valence-corrected chi connectivity index (χ4v) is 4.82.